The summed E-state index contributed by atoms with van der Waals surface area (Å²) in [5.74, 6) is 1.57. The first-order chi connectivity index (χ1) is 19.8. The molecule has 2 aromatic heterocycles. The molecule has 1 aliphatic rings. The van der Waals surface area contributed by atoms with Crippen molar-refractivity contribution in [3.05, 3.63) is 89.7 Å². The average Bonchev–Trinajstić information content (AvgIpc) is 2.99. The van der Waals surface area contributed by atoms with Crippen LogP contribution in [0.2, 0.25) is 0 Å². The number of hydrogen-bond donors (Lipinski definition) is 1. The second-order valence-electron chi connectivity index (χ2n) is 10.4. The van der Waals surface area contributed by atoms with Gasteiger partial charge in [0.1, 0.15) is 11.6 Å². The van der Waals surface area contributed by atoms with Gasteiger partial charge in [-0.3, -0.25) is 9.78 Å². The average molecular weight is 569 g/mol. The quantitative estimate of drug-likeness (QED) is 0.247. The van der Waals surface area contributed by atoms with Crippen LogP contribution in [-0.4, -0.2) is 54.5 Å². The fourth-order valence-electron chi connectivity index (χ4n) is 5.19. The summed E-state index contributed by atoms with van der Waals surface area (Å²) in [6, 6.07) is 22.0. The summed E-state index contributed by atoms with van der Waals surface area (Å²) in [7, 11) is 1.68. The maximum absolute atomic E-state index is 12.8. The fourth-order valence-corrected chi connectivity index (χ4v) is 5.83. The Hall–Kier alpha value is -3.88. The lowest BCUT2D eigenvalue weighted by atomic mass is 10.0. The van der Waals surface area contributed by atoms with Gasteiger partial charge in [-0.1, -0.05) is 18.2 Å². The summed E-state index contributed by atoms with van der Waals surface area (Å²) in [5, 5.41) is 3.01. The Morgan fingerprint density at radius 1 is 1.05 bits per heavy atom. The lowest BCUT2D eigenvalue weighted by molar-refractivity contribution is -0.00545. The van der Waals surface area contributed by atoms with Gasteiger partial charge in [-0.2, -0.15) is 0 Å². The van der Waals surface area contributed by atoms with E-state index in [0.717, 1.165) is 63.2 Å². The molecule has 2 unspecified atom stereocenters. The molecular formula is C33H36N4O3S. The molecule has 0 bridgehead atoms. The predicted octanol–water partition coefficient (Wildman–Crippen LogP) is 6.39. The Bertz CT molecular complexity index is 1530. The number of thioether (sulfide) groups is 1. The molecule has 0 radical (unpaired) electrons. The number of ether oxygens (including phenoxy) is 2. The third-order valence-electron chi connectivity index (χ3n) is 7.20. The van der Waals surface area contributed by atoms with Crippen LogP contribution in [0, 0.1) is 6.92 Å². The summed E-state index contributed by atoms with van der Waals surface area (Å²) in [6.07, 6.45) is 4.09. The van der Waals surface area contributed by atoms with Gasteiger partial charge in [-0.05, 0) is 92.2 Å². The lowest BCUT2D eigenvalue weighted by Gasteiger charge is -2.36. The van der Waals surface area contributed by atoms with E-state index < -0.39 is 0 Å². The number of methoxy groups -OCH3 is 1. The molecule has 0 saturated carbocycles. The third kappa shape index (κ3) is 6.72. The van der Waals surface area contributed by atoms with Crippen LogP contribution in [0.15, 0.2) is 77.8 Å². The van der Waals surface area contributed by atoms with Gasteiger partial charge in [0.25, 0.3) is 5.91 Å². The van der Waals surface area contributed by atoms with Gasteiger partial charge in [0.15, 0.2) is 0 Å². The van der Waals surface area contributed by atoms with Crippen molar-refractivity contribution in [2.45, 2.75) is 44.4 Å². The molecule has 1 N–H and O–H groups in total. The van der Waals surface area contributed by atoms with E-state index in [-0.39, 0.29) is 18.1 Å². The molecule has 8 heteroatoms. The minimum atomic E-state index is -0.116. The summed E-state index contributed by atoms with van der Waals surface area (Å²) in [4.78, 5) is 25.7. The first-order valence-corrected chi connectivity index (χ1v) is 15.0. The predicted molar refractivity (Wildman–Crippen MR) is 166 cm³/mol. The van der Waals surface area contributed by atoms with Crippen LogP contribution in [0.1, 0.15) is 35.5 Å². The van der Waals surface area contributed by atoms with E-state index in [1.54, 1.807) is 25.1 Å². The minimum Gasteiger partial charge on any atom is -0.496 e. The van der Waals surface area contributed by atoms with Crippen LogP contribution < -0.4 is 15.0 Å². The Morgan fingerprint density at radius 3 is 2.59 bits per heavy atom. The van der Waals surface area contributed by atoms with Crippen molar-refractivity contribution < 1.29 is 14.3 Å². The Labute approximate surface area is 246 Å². The van der Waals surface area contributed by atoms with Gasteiger partial charge in [-0.15, -0.1) is 11.8 Å². The summed E-state index contributed by atoms with van der Waals surface area (Å²) in [6.45, 7) is 8.17. The topological polar surface area (TPSA) is 76.6 Å². The van der Waals surface area contributed by atoms with E-state index in [2.05, 4.69) is 35.1 Å². The van der Waals surface area contributed by atoms with Crippen molar-refractivity contribution in [3.63, 3.8) is 0 Å². The number of carbonyl (C=O) groups excluding carboxylic acids is 1. The smallest absolute Gasteiger partial charge is 0.251 e. The first kappa shape index (κ1) is 28.6. The van der Waals surface area contributed by atoms with Gasteiger partial charge in [0.2, 0.25) is 0 Å². The molecule has 1 aliphatic heterocycles. The molecule has 7 nitrogen and oxygen atoms in total. The number of hydrogen-bond acceptors (Lipinski definition) is 7. The van der Waals surface area contributed by atoms with Crippen LogP contribution in [0.25, 0.3) is 22.4 Å². The molecule has 1 fully saturated rings. The molecule has 2 atom stereocenters. The normalized spacial score (nSPS) is 16.9. The third-order valence-corrected chi connectivity index (χ3v) is 8.08. The number of aromatic nitrogens is 2. The fraction of sp³-hybridized carbons (Fsp3) is 0.303. The van der Waals surface area contributed by atoms with Crippen LogP contribution >= 0.6 is 11.8 Å². The molecule has 1 saturated heterocycles. The van der Waals surface area contributed by atoms with E-state index in [1.165, 1.54) is 0 Å². The van der Waals surface area contributed by atoms with E-state index >= 15 is 0 Å². The van der Waals surface area contributed by atoms with E-state index in [1.807, 2.05) is 73.8 Å². The number of aryl methyl sites for hydroxylation is 1. The molecular weight excluding hydrogens is 532 g/mol. The van der Waals surface area contributed by atoms with Crippen molar-refractivity contribution in [1.29, 1.82) is 0 Å². The zero-order valence-corrected chi connectivity index (χ0v) is 25.0. The molecule has 3 heterocycles. The van der Waals surface area contributed by atoms with E-state index in [0.29, 0.717) is 12.1 Å². The molecule has 1 amide bonds. The standard InChI is InChI=1S/C33H36N4O3S/c1-21-9-10-26(17-31(21)41-5)33(38)35-18-27-15-25(13-14-34-27)24-11-12-30(39-4)28(16-24)29-7-6-8-32(36-29)37-19-22(2)40-23(3)20-37/h6-17,22-23H,18-20H2,1-5H3,(H,35,38). The highest BCUT2D eigenvalue weighted by molar-refractivity contribution is 7.98. The van der Waals surface area contributed by atoms with Gasteiger partial charge in [0.05, 0.1) is 37.3 Å². The Morgan fingerprint density at radius 2 is 1.83 bits per heavy atom. The van der Waals surface area contributed by atoms with Crippen LogP contribution in [-0.2, 0) is 11.3 Å². The zero-order valence-electron chi connectivity index (χ0n) is 24.2. The van der Waals surface area contributed by atoms with Gasteiger partial charge >= 0.3 is 0 Å². The zero-order chi connectivity index (χ0) is 28.9. The number of benzene rings is 2. The molecule has 41 heavy (non-hydrogen) atoms. The molecule has 212 valence electrons. The van der Waals surface area contributed by atoms with Crippen molar-refractivity contribution in [1.82, 2.24) is 15.3 Å². The number of amides is 1. The number of pyridine rings is 2. The first-order valence-electron chi connectivity index (χ1n) is 13.8. The minimum absolute atomic E-state index is 0.116. The van der Waals surface area contributed by atoms with Gasteiger partial charge in [-0.25, -0.2) is 4.98 Å². The van der Waals surface area contributed by atoms with Gasteiger partial charge in [0, 0.05) is 35.3 Å². The van der Waals surface area contributed by atoms with Crippen molar-refractivity contribution >= 4 is 23.5 Å². The molecule has 4 aromatic rings. The highest BCUT2D eigenvalue weighted by atomic mass is 32.2. The van der Waals surface area contributed by atoms with Crippen LogP contribution in [0.4, 0.5) is 5.82 Å². The van der Waals surface area contributed by atoms with Crippen molar-refractivity contribution in [2.75, 3.05) is 31.4 Å². The molecule has 5 rings (SSSR count). The second kappa shape index (κ2) is 12.7. The number of anilines is 1. The Balaban J connectivity index is 1.37. The summed E-state index contributed by atoms with van der Waals surface area (Å²) in [5.41, 5.74) is 6.36. The number of nitrogens with zero attached hydrogens (tertiary/aromatic N) is 3. The largest absolute Gasteiger partial charge is 0.496 e. The highest BCUT2D eigenvalue weighted by Crippen LogP contribution is 2.34. The molecule has 2 aromatic carbocycles. The highest BCUT2D eigenvalue weighted by Gasteiger charge is 2.23. The van der Waals surface area contributed by atoms with E-state index in [9.17, 15) is 4.79 Å². The van der Waals surface area contributed by atoms with Crippen molar-refractivity contribution in [2.24, 2.45) is 0 Å². The van der Waals surface area contributed by atoms with E-state index in [4.69, 9.17) is 14.5 Å². The maximum Gasteiger partial charge on any atom is 0.251 e. The van der Waals surface area contributed by atoms with Gasteiger partial charge < -0.3 is 19.7 Å². The Kier molecular flexibility index (Phi) is 8.90. The maximum atomic E-state index is 12.8. The number of nitrogens with one attached hydrogen (secondary N) is 1. The molecule has 0 spiro atoms. The summed E-state index contributed by atoms with van der Waals surface area (Å²) < 4.78 is 11.6. The van der Waals surface area contributed by atoms with Crippen molar-refractivity contribution in [3.8, 4) is 28.1 Å². The lowest BCUT2D eigenvalue weighted by Crippen LogP contribution is -2.45. The summed E-state index contributed by atoms with van der Waals surface area (Å²) >= 11 is 1.64. The van der Waals surface area contributed by atoms with Crippen LogP contribution in [0.5, 0.6) is 5.75 Å². The second-order valence-corrected chi connectivity index (χ2v) is 11.2. The number of carbonyl (C=O) groups is 1. The number of morpholine rings is 1. The monoisotopic (exact) mass is 568 g/mol. The SMILES string of the molecule is COc1ccc(-c2ccnc(CNC(=O)c3ccc(C)c(SC)c3)c2)cc1-c1cccc(N2CC(C)OC(C)C2)n1. The number of rotatable bonds is 8. The molecule has 0 aliphatic carbocycles. The van der Waals surface area contributed by atoms with Crippen LogP contribution in [0.3, 0.4) is 0 Å².